The smallest absolute Gasteiger partial charge is 0.344 e. The van der Waals surface area contributed by atoms with Crippen molar-refractivity contribution in [2.24, 2.45) is 0 Å². The van der Waals surface area contributed by atoms with Crippen LogP contribution in [-0.4, -0.2) is 25.1 Å². The fraction of sp³-hybridized carbons (Fsp3) is 0.190. The van der Waals surface area contributed by atoms with Crippen LogP contribution in [-0.2, 0) is 14.3 Å². The lowest BCUT2D eigenvalue weighted by Gasteiger charge is -2.07. The molecule has 0 spiro atoms. The predicted octanol–water partition coefficient (Wildman–Crippen LogP) is 4.14. The van der Waals surface area contributed by atoms with Crippen LogP contribution in [0.25, 0.3) is 6.08 Å². The van der Waals surface area contributed by atoms with Crippen LogP contribution in [0.5, 0.6) is 5.75 Å². The van der Waals surface area contributed by atoms with E-state index in [0.29, 0.717) is 28.6 Å². The van der Waals surface area contributed by atoms with Crippen LogP contribution < -0.4 is 10.1 Å². The van der Waals surface area contributed by atoms with Gasteiger partial charge in [0.2, 0.25) is 0 Å². The number of aryl methyl sites for hydroxylation is 1. The molecule has 0 saturated carbocycles. The van der Waals surface area contributed by atoms with Gasteiger partial charge in [0, 0.05) is 10.7 Å². The van der Waals surface area contributed by atoms with Gasteiger partial charge >= 0.3 is 5.97 Å². The van der Waals surface area contributed by atoms with Gasteiger partial charge in [-0.25, -0.2) is 4.79 Å². The summed E-state index contributed by atoms with van der Waals surface area (Å²) < 4.78 is 10.1. The highest BCUT2D eigenvalue weighted by molar-refractivity contribution is 6.31. The maximum Gasteiger partial charge on any atom is 0.344 e. The van der Waals surface area contributed by atoms with Gasteiger partial charge in [-0.2, -0.15) is 5.26 Å². The van der Waals surface area contributed by atoms with Gasteiger partial charge in [0.25, 0.3) is 5.91 Å². The summed E-state index contributed by atoms with van der Waals surface area (Å²) in [6.45, 7) is 3.68. The van der Waals surface area contributed by atoms with E-state index in [2.05, 4.69) is 5.32 Å². The van der Waals surface area contributed by atoms with E-state index >= 15 is 0 Å². The summed E-state index contributed by atoms with van der Waals surface area (Å²) in [6, 6.07) is 13.6. The van der Waals surface area contributed by atoms with Crippen molar-refractivity contribution < 1.29 is 19.1 Å². The van der Waals surface area contributed by atoms with E-state index in [9.17, 15) is 14.9 Å². The molecule has 144 valence electrons. The highest BCUT2D eigenvalue weighted by Crippen LogP contribution is 2.21. The predicted molar refractivity (Wildman–Crippen MR) is 107 cm³/mol. The first-order valence-electron chi connectivity index (χ1n) is 8.50. The minimum Gasteiger partial charge on any atom is -0.482 e. The molecular weight excluding hydrogens is 380 g/mol. The molecule has 0 aromatic heterocycles. The third kappa shape index (κ3) is 6.15. The van der Waals surface area contributed by atoms with E-state index in [0.717, 1.165) is 5.56 Å². The maximum atomic E-state index is 12.3. The quantitative estimate of drug-likeness (QED) is 0.430. The first-order chi connectivity index (χ1) is 13.4. The number of anilines is 1. The summed E-state index contributed by atoms with van der Waals surface area (Å²) >= 11 is 6.05. The molecule has 2 rings (SSSR count). The molecule has 0 heterocycles. The van der Waals surface area contributed by atoms with Gasteiger partial charge in [0.05, 0.1) is 6.61 Å². The molecule has 2 aromatic carbocycles. The Morgan fingerprint density at radius 1 is 1.21 bits per heavy atom. The molecule has 0 aliphatic carbocycles. The zero-order valence-corrected chi connectivity index (χ0v) is 16.2. The molecule has 1 N–H and O–H groups in total. The topological polar surface area (TPSA) is 88.4 Å². The molecule has 0 aliphatic heterocycles. The van der Waals surface area contributed by atoms with E-state index < -0.39 is 11.9 Å². The summed E-state index contributed by atoms with van der Waals surface area (Å²) in [6.07, 6.45) is 1.46. The van der Waals surface area contributed by atoms with E-state index in [1.165, 1.54) is 6.08 Å². The van der Waals surface area contributed by atoms with Gasteiger partial charge in [-0.15, -0.1) is 0 Å². The number of hydrogen-bond acceptors (Lipinski definition) is 5. The summed E-state index contributed by atoms with van der Waals surface area (Å²) in [7, 11) is 0. The molecule has 0 saturated heterocycles. The monoisotopic (exact) mass is 398 g/mol. The summed E-state index contributed by atoms with van der Waals surface area (Å²) in [5.41, 5.74) is 1.97. The number of esters is 1. The number of rotatable bonds is 7. The Bertz CT molecular complexity index is 930. The number of hydrogen-bond donors (Lipinski definition) is 1. The highest BCUT2D eigenvalue weighted by atomic mass is 35.5. The zero-order valence-electron chi connectivity index (χ0n) is 15.5. The second-order valence-corrected chi connectivity index (χ2v) is 6.16. The van der Waals surface area contributed by atoms with Crippen LogP contribution in [0.1, 0.15) is 18.1 Å². The Morgan fingerprint density at radius 3 is 2.54 bits per heavy atom. The van der Waals surface area contributed by atoms with E-state index in [1.807, 2.05) is 13.0 Å². The van der Waals surface area contributed by atoms with Crippen LogP contribution in [0.15, 0.2) is 48.0 Å². The molecule has 0 radical (unpaired) electrons. The standard InChI is InChI=1S/C21H19ClN2O4/c1-3-27-20(25)13-28-18-8-5-15(6-9-18)10-16(12-23)21(26)24-17-7-4-14(2)19(22)11-17/h4-11H,3,13H2,1-2H3,(H,24,26)/b16-10+. The zero-order chi connectivity index (χ0) is 20.5. The molecule has 0 atom stereocenters. The Morgan fingerprint density at radius 2 is 1.93 bits per heavy atom. The molecule has 2 aromatic rings. The number of carbonyl (C=O) groups is 2. The molecule has 1 amide bonds. The average Bonchev–Trinajstić information content (AvgIpc) is 2.68. The summed E-state index contributed by atoms with van der Waals surface area (Å²) in [5.74, 6) is -0.515. The van der Waals surface area contributed by atoms with Crippen LogP contribution in [0.3, 0.4) is 0 Å². The van der Waals surface area contributed by atoms with Crippen molar-refractivity contribution in [1.29, 1.82) is 5.26 Å². The van der Waals surface area contributed by atoms with Crippen molar-refractivity contribution in [3.05, 3.63) is 64.2 Å². The molecule has 0 unspecified atom stereocenters. The number of nitrogens with zero attached hydrogens (tertiary/aromatic N) is 1. The third-order valence-electron chi connectivity index (χ3n) is 3.65. The van der Waals surface area contributed by atoms with Crippen molar-refractivity contribution in [1.82, 2.24) is 0 Å². The fourth-order valence-corrected chi connectivity index (χ4v) is 2.37. The fourth-order valence-electron chi connectivity index (χ4n) is 2.19. The van der Waals surface area contributed by atoms with Crippen LogP contribution in [0.4, 0.5) is 5.69 Å². The normalized spacial score (nSPS) is 10.7. The van der Waals surface area contributed by atoms with E-state index in [4.69, 9.17) is 21.1 Å². The Hall–Kier alpha value is -3.30. The number of nitrogens with one attached hydrogen (secondary N) is 1. The Labute approximate surface area is 168 Å². The van der Waals surface area contributed by atoms with Crippen LogP contribution in [0.2, 0.25) is 5.02 Å². The molecule has 0 fully saturated rings. The molecular formula is C21H19ClN2O4. The first-order valence-corrected chi connectivity index (χ1v) is 8.88. The molecule has 7 heteroatoms. The van der Waals surface area contributed by atoms with Gasteiger partial charge in [-0.3, -0.25) is 4.79 Å². The van der Waals surface area contributed by atoms with Crippen molar-refractivity contribution in [3.63, 3.8) is 0 Å². The number of benzene rings is 2. The minimum atomic E-state index is -0.537. The first kappa shape index (κ1) is 21.0. The van der Waals surface area contributed by atoms with Gasteiger partial charge in [-0.1, -0.05) is 29.8 Å². The second kappa shape index (κ2) is 10.1. The lowest BCUT2D eigenvalue weighted by Crippen LogP contribution is -2.14. The van der Waals surface area contributed by atoms with Crippen LogP contribution >= 0.6 is 11.6 Å². The third-order valence-corrected chi connectivity index (χ3v) is 4.06. The Balaban J connectivity index is 2.04. The Kier molecular flexibility index (Phi) is 7.61. The molecule has 28 heavy (non-hydrogen) atoms. The molecule has 0 aliphatic rings. The SMILES string of the molecule is CCOC(=O)COc1ccc(/C=C(\C#N)C(=O)Nc2ccc(C)c(Cl)c2)cc1. The van der Waals surface area contributed by atoms with E-state index in [-0.39, 0.29) is 12.2 Å². The summed E-state index contributed by atoms with van der Waals surface area (Å²) in [4.78, 5) is 23.6. The lowest BCUT2D eigenvalue weighted by atomic mass is 10.1. The van der Waals surface area contributed by atoms with Crippen molar-refractivity contribution in [3.8, 4) is 11.8 Å². The van der Waals surface area contributed by atoms with E-state index in [1.54, 1.807) is 49.4 Å². The largest absolute Gasteiger partial charge is 0.482 e. The number of halogens is 1. The van der Waals surface area contributed by atoms with Crippen molar-refractivity contribution in [2.75, 3.05) is 18.5 Å². The maximum absolute atomic E-state index is 12.3. The van der Waals surface area contributed by atoms with Gasteiger partial charge in [0.1, 0.15) is 17.4 Å². The second-order valence-electron chi connectivity index (χ2n) is 5.75. The number of carbonyl (C=O) groups excluding carboxylic acids is 2. The van der Waals surface area contributed by atoms with Crippen LogP contribution in [0, 0.1) is 18.3 Å². The number of amides is 1. The molecule has 0 bridgehead atoms. The van der Waals surface area contributed by atoms with Crippen molar-refractivity contribution in [2.45, 2.75) is 13.8 Å². The number of nitriles is 1. The average molecular weight is 399 g/mol. The molecule has 6 nitrogen and oxygen atoms in total. The summed E-state index contributed by atoms with van der Waals surface area (Å²) in [5, 5.41) is 12.5. The number of ether oxygens (including phenoxy) is 2. The van der Waals surface area contributed by atoms with Gasteiger partial charge in [-0.05, 0) is 55.3 Å². The lowest BCUT2D eigenvalue weighted by molar-refractivity contribution is -0.145. The highest BCUT2D eigenvalue weighted by Gasteiger charge is 2.10. The minimum absolute atomic E-state index is 0.0584. The van der Waals surface area contributed by atoms with Crippen molar-refractivity contribution >= 4 is 35.2 Å². The van der Waals surface area contributed by atoms with Gasteiger partial charge < -0.3 is 14.8 Å². The van der Waals surface area contributed by atoms with Gasteiger partial charge in [0.15, 0.2) is 6.61 Å².